The van der Waals surface area contributed by atoms with Crippen LogP contribution in [-0.2, 0) is 4.79 Å². The van der Waals surface area contributed by atoms with Crippen LogP contribution in [-0.4, -0.2) is 43.5 Å². The number of likely N-dealkylation sites (N-methyl/N-ethyl adjacent to an activating group) is 2. The molecule has 0 aliphatic rings. The number of carbonyl (C=O) groups excluding carboxylic acids is 1. The average Bonchev–Trinajstić information content (AvgIpc) is 2.16. The van der Waals surface area contributed by atoms with Gasteiger partial charge in [-0.25, -0.2) is 4.98 Å². The maximum atomic E-state index is 11.5. The summed E-state index contributed by atoms with van der Waals surface area (Å²) in [4.78, 5) is 19.2. The molecule has 1 rings (SSSR count). The third-order valence-corrected chi connectivity index (χ3v) is 2.77. The summed E-state index contributed by atoms with van der Waals surface area (Å²) in [6, 6.07) is 1.99. The Morgan fingerprint density at radius 1 is 1.44 bits per heavy atom. The minimum Gasteiger partial charge on any atom is -0.349 e. The molecule has 16 heavy (non-hydrogen) atoms. The van der Waals surface area contributed by atoms with Gasteiger partial charge in [0.2, 0.25) is 5.91 Å². The van der Waals surface area contributed by atoms with Crippen molar-refractivity contribution in [3.63, 3.8) is 0 Å². The highest BCUT2D eigenvalue weighted by atomic mass is 79.9. The van der Waals surface area contributed by atoms with Crippen molar-refractivity contribution in [2.75, 3.05) is 32.6 Å². The normalized spacial score (nSPS) is 10.1. The van der Waals surface area contributed by atoms with E-state index in [1.54, 1.807) is 25.2 Å². The molecule has 0 radical (unpaired) electrons. The first-order valence-electron chi connectivity index (χ1n) is 4.95. The number of rotatable bonds is 3. The number of pyridine rings is 1. The molecule has 1 amide bonds. The number of nitrogens with zero attached hydrogens (tertiary/aromatic N) is 3. The minimum atomic E-state index is 0.0526. The van der Waals surface area contributed by atoms with Gasteiger partial charge in [0.15, 0.2) is 0 Å². The lowest BCUT2D eigenvalue weighted by atomic mass is 10.3. The van der Waals surface area contributed by atoms with E-state index in [0.717, 1.165) is 15.9 Å². The first kappa shape index (κ1) is 13.0. The molecular weight excluding hydrogens is 270 g/mol. The lowest BCUT2D eigenvalue weighted by Crippen LogP contribution is -2.34. The van der Waals surface area contributed by atoms with E-state index in [-0.39, 0.29) is 5.91 Å². The molecular formula is C11H16BrN3O. The maximum Gasteiger partial charge on any atom is 0.241 e. The molecule has 1 aromatic rings. The van der Waals surface area contributed by atoms with Gasteiger partial charge in [0.05, 0.1) is 11.0 Å². The van der Waals surface area contributed by atoms with Gasteiger partial charge >= 0.3 is 0 Å². The zero-order valence-corrected chi connectivity index (χ0v) is 11.6. The zero-order valence-electron chi connectivity index (χ0n) is 9.99. The van der Waals surface area contributed by atoms with Crippen LogP contribution < -0.4 is 4.90 Å². The summed E-state index contributed by atoms with van der Waals surface area (Å²) < 4.78 is 0.904. The van der Waals surface area contributed by atoms with Gasteiger partial charge in [-0.05, 0) is 34.5 Å². The summed E-state index contributed by atoms with van der Waals surface area (Å²) in [5, 5.41) is 0. The van der Waals surface area contributed by atoms with Gasteiger partial charge in [-0.2, -0.15) is 0 Å². The van der Waals surface area contributed by atoms with Crippen molar-refractivity contribution in [1.82, 2.24) is 9.88 Å². The van der Waals surface area contributed by atoms with Crippen molar-refractivity contribution in [3.05, 3.63) is 22.3 Å². The second-order valence-corrected chi connectivity index (χ2v) is 4.82. The minimum absolute atomic E-state index is 0.0526. The molecule has 0 aliphatic heterocycles. The van der Waals surface area contributed by atoms with Crippen molar-refractivity contribution in [2.45, 2.75) is 6.92 Å². The van der Waals surface area contributed by atoms with Crippen LogP contribution in [0.3, 0.4) is 0 Å². The van der Waals surface area contributed by atoms with Gasteiger partial charge < -0.3 is 9.80 Å². The molecule has 0 aromatic carbocycles. The highest BCUT2D eigenvalue weighted by Crippen LogP contribution is 2.23. The Morgan fingerprint density at radius 3 is 2.56 bits per heavy atom. The van der Waals surface area contributed by atoms with Crippen LogP contribution in [0.5, 0.6) is 0 Å². The van der Waals surface area contributed by atoms with Crippen LogP contribution in [0, 0.1) is 6.92 Å². The maximum absolute atomic E-state index is 11.5. The number of aromatic nitrogens is 1. The molecule has 0 unspecified atom stereocenters. The molecule has 0 bridgehead atoms. The fourth-order valence-corrected chi connectivity index (χ4v) is 1.99. The molecule has 0 spiro atoms. The monoisotopic (exact) mass is 285 g/mol. The smallest absolute Gasteiger partial charge is 0.241 e. The first-order valence-corrected chi connectivity index (χ1v) is 5.74. The van der Waals surface area contributed by atoms with E-state index in [2.05, 4.69) is 20.9 Å². The molecule has 0 aliphatic carbocycles. The molecule has 0 atom stereocenters. The number of aryl methyl sites for hydroxylation is 1. The number of hydrogen-bond acceptors (Lipinski definition) is 3. The molecule has 0 fully saturated rings. The van der Waals surface area contributed by atoms with Gasteiger partial charge in [0.1, 0.15) is 5.82 Å². The molecule has 5 heteroatoms. The molecule has 1 aromatic heterocycles. The molecule has 4 nitrogen and oxygen atoms in total. The van der Waals surface area contributed by atoms with Gasteiger partial charge in [0.25, 0.3) is 0 Å². The fourth-order valence-electron chi connectivity index (χ4n) is 1.23. The van der Waals surface area contributed by atoms with E-state index in [0.29, 0.717) is 6.54 Å². The molecule has 88 valence electrons. The number of anilines is 1. The molecule has 0 N–H and O–H groups in total. The molecule has 1 heterocycles. The predicted octanol–water partition coefficient (Wildman–Crippen LogP) is 1.68. The summed E-state index contributed by atoms with van der Waals surface area (Å²) >= 11 is 3.45. The lowest BCUT2D eigenvalue weighted by molar-refractivity contribution is -0.127. The Balaban J connectivity index is 2.80. The third-order valence-electron chi connectivity index (χ3n) is 2.19. The van der Waals surface area contributed by atoms with Crippen LogP contribution in [0.15, 0.2) is 16.7 Å². The Labute approximate surface area is 104 Å². The third kappa shape index (κ3) is 3.20. The quantitative estimate of drug-likeness (QED) is 0.848. The summed E-state index contributed by atoms with van der Waals surface area (Å²) in [5.74, 6) is 0.831. The summed E-state index contributed by atoms with van der Waals surface area (Å²) in [5.41, 5.74) is 1.09. The van der Waals surface area contributed by atoms with Crippen molar-refractivity contribution in [1.29, 1.82) is 0 Å². The number of halogens is 1. The summed E-state index contributed by atoms with van der Waals surface area (Å²) in [7, 11) is 5.34. The van der Waals surface area contributed by atoms with Crippen molar-refractivity contribution >= 4 is 27.7 Å². The summed E-state index contributed by atoms with van der Waals surface area (Å²) in [6.45, 7) is 2.30. The standard InChI is InChI=1S/C11H16BrN3O/c1-8-5-9(12)11(13-6-8)15(4)7-10(16)14(2)3/h5-6H,7H2,1-4H3. The average molecular weight is 286 g/mol. The fraction of sp³-hybridized carbons (Fsp3) is 0.455. The Hall–Kier alpha value is -1.10. The van der Waals surface area contributed by atoms with Crippen LogP contribution in [0.2, 0.25) is 0 Å². The second kappa shape index (κ2) is 5.30. The number of carbonyl (C=O) groups is 1. The van der Waals surface area contributed by atoms with Crippen molar-refractivity contribution in [2.24, 2.45) is 0 Å². The van der Waals surface area contributed by atoms with E-state index in [9.17, 15) is 4.79 Å². The molecule has 0 saturated carbocycles. The van der Waals surface area contributed by atoms with E-state index in [4.69, 9.17) is 0 Å². The lowest BCUT2D eigenvalue weighted by Gasteiger charge is -2.21. The van der Waals surface area contributed by atoms with Gasteiger partial charge in [0, 0.05) is 27.3 Å². The highest BCUT2D eigenvalue weighted by molar-refractivity contribution is 9.10. The van der Waals surface area contributed by atoms with E-state index in [1.165, 1.54) is 0 Å². The van der Waals surface area contributed by atoms with Crippen LogP contribution in [0.1, 0.15) is 5.56 Å². The predicted molar refractivity (Wildman–Crippen MR) is 68.6 cm³/mol. The first-order chi connectivity index (χ1) is 7.41. The second-order valence-electron chi connectivity index (χ2n) is 3.96. The van der Waals surface area contributed by atoms with Crippen molar-refractivity contribution in [3.8, 4) is 0 Å². The topological polar surface area (TPSA) is 36.4 Å². The Bertz CT molecular complexity index is 393. The van der Waals surface area contributed by atoms with Crippen LogP contribution >= 0.6 is 15.9 Å². The van der Waals surface area contributed by atoms with E-state index >= 15 is 0 Å². The van der Waals surface area contributed by atoms with Gasteiger partial charge in [-0.15, -0.1) is 0 Å². The number of amides is 1. The van der Waals surface area contributed by atoms with Crippen molar-refractivity contribution < 1.29 is 4.79 Å². The summed E-state index contributed by atoms with van der Waals surface area (Å²) in [6.07, 6.45) is 1.79. The largest absolute Gasteiger partial charge is 0.349 e. The number of hydrogen-bond donors (Lipinski definition) is 0. The van der Waals surface area contributed by atoms with Gasteiger partial charge in [-0.3, -0.25) is 4.79 Å². The Morgan fingerprint density at radius 2 is 2.06 bits per heavy atom. The molecule has 0 saturated heterocycles. The SMILES string of the molecule is Cc1cnc(N(C)CC(=O)N(C)C)c(Br)c1. The van der Waals surface area contributed by atoms with Crippen LogP contribution in [0.4, 0.5) is 5.82 Å². The van der Waals surface area contributed by atoms with Gasteiger partial charge in [-0.1, -0.05) is 0 Å². The zero-order chi connectivity index (χ0) is 12.3. The van der Waals surface area contributed by atoms with Crippen LogP contribution in [0.25, 0.3) is 0 Å². The Kier molecular flexibility index (Phi) is 4.29. The van der Waals surface area contributed by atoms with E-state index < -0.39 is 0 Å². The van der Waals surface area contributed by atoms with E-state index in [1.807, 2.05) is 24.9 Å². The highest BCUT2D eigenvalue weighted by Gasteiger charge is 2.12.